The quantitative estimate of drug-likeness (QED) is 0.623. The Morgan fingerprint density at radius 1 is 1.17 bits per heavy atom. The molecule has 0 saturated heterocycles. The summed E-state index contributed by atoms with van der Waals surface area (Å²) >= 11 is 0. The summed E-state index contributed by atoms with van der Waals surface area (Å²) in [6.07, 6.45) is 1.75. The molecule has 1 aliphatic rings. The van der Waals surface area contributed by atoms with Gasteiger partial charge in [-0.3, -0.25) is 0 Å². The Morgan fingerprint density at radius 3 is 2.42 bits per heavy atom. The van der Waals surface area contributed by atoms with Gasteiger partial charge in [0.2, 0.25) is 5.90 Å². The highest BCUT2D eigenvalue weighted by molar-refractivity contribution is 6.08. The number of cyclic esters (lactones) is 1. The molecule has 0 aliphatic carbocycles. The molecule has 0 fully saturated rings. The van der Waals surface area contributed by atoms with Gasteiger partial charge in [-0.1, -0.05) is 36.4 Å². The first kappa shape index (κ1) is 16.0. The fraction of sp³-hybridized carbons (Fsp3) is 0.200. The van der Waals surface area contributed by atoms with E-state index in [1.165, 1.54) is 0 Å². The van der Waals surface area contributed by atoms with Crippen LogP contribution in [-0.2, 0) is 9.53 Å². The number of aliphatic imine (C=N–C) groups is 1. The predicted octanol–water partition coefficient (Wildman–Crippen LogP) is 3.73. The van der Waals surface area contributed by atoms with Crippen LogP contribution in [0.25, 0.3) is 0 Å². The van der Waals surface area contributed by atoms with Gasteiger partial charge in [0, 0.05) is 11.5 Å². The highest BCUT2D eigenvalue weighted by atomic mass is 16.6. The molecule has 4 nitrogen and oxygen atoms in total. The van der Waals surface area contributed by atoms with Crippen molar-refractivity contribution in [2.75, 3.05) is 7.11 Å². The fourth-order valence-corrected chi connectivity index (χ4v) is 2.87. The largest absolute Gasteiger partial charge is 0.497 e. The smallest absolute Gasteiger partial charge is 0.341 e. The molecule has 3 rings (SSSR count). The van der Waals surface area contributed by atoms with Gasteiger partial charge in [-0.2, -0.15) is 0 Å². The normalized spacial score (nSPS) is 20.9. The number of benzene rings is 2. The molecular weight excluding hydrogens is 302 g/mol. The zero-order valence-electron chi connectivity index (χ0n) is 13.7. The van der Waals surface area contributed by atoms with E-state index in [9.17, 15) is 4.79 Å². The second-order valence-corrected chi connectivity index (χ2v) is 5.81. The molecule has 2 atom stereocenters. The standard InChI is InChI=1S/C20H19NO3/c1-4-17(14-8-6-5-7-9-14)20(2)19(22)24-18(21-20)15-10-12-16(23-3)13-11-15/h4-13,17H,1H2,2-3H3/t17?,20-/m0/s1. The van der Waals surface area contributed by atoms with E-state index in [0.717, 1.165) is 16.9 Å². The summed E-state index contributed by atoms with van der Waals surface area (Å²) in [4.78, 5) is 17.2. The number of hydrogen-bond acceptors (Lipinski definition) is 4. The van der Waals surface area contributed by atoms with Crippen molar-refractivity contribution in [1.29, 1.82) is 0 Å². The van der Waals surface area contributed by atoms with Gasteiger partial charge in [-0.25, -0.2) is 9.79 Å². The topological polar surface area (TPSA) is 47.9 Å². The summed E-state index contributed by atoms with van der Waals surface area (Å²) in [6, 6.07) is 17.0. The lowest BCUT2D eigenvalue weighted by molar-refractivity contribution is -0.138. The van der Waals surface area contributed by atoms with Crippen LogP contribution in [0.15, 0.2) is 72.2 Å². The first-order valence-corrected chi connectivity index (χ1v) is 7.72. The summed E-state index contributed by atoms with van der Waals surface area (Å²) in [6.45, 7) is 5.67. The third-order valence-electron chi connectivity index (χ3n) is 4.27. The van der Waals surface area contributed by atoms with Gasteiger partial charge in [0.05, 0.1) is 7.11 Å². The molecule has 0 amide bonds. The van der Waals surface area contributed by atoms with E-state index in [4.69, 9.17) is 9.47 Å². The maximum absolute atomic E-state index is 12.6. The Hall–Kier alpha value is -2.88. The van der Waals surface area contributed by atoms with Crippen LogP contribution in [0.3, 0.4) is 0 Å². The van der Waals surface area contributed by atoms with Gasteiger partial charge in [0.15, 0.2) is 5.54 Å². The van der Waals surface area contributed by atoms with Crippen LogP contribution >= 0.6 is 0 Å². The molecule has 0 aromatic heterocycles. The van der Waals surface area contributed by atoms with Crippen LogP contribution in [-0.4, -0.2) is 24.5 Å². The van der Waals surface area contributed by atoms with E-state index in [0.29, 0.717) is 5.90 Å². The Morgan fingerprint density at radius 2 is 1.83 bits per heavy atom. The molecule has 1 aliphatic heterocycles. The van der Waals surface area contributed by atoms with Gasteiger partial charge in [-0.05, 0) is 36.8 Å². The molecule has 1 unspecified atom stereocenters. The van der Waals surface area contributed by atoms with Crippen molar-refractivity contribution in [2.24, 2.45) is 4.99 Å². The summed E-state index contributed by atoms with van der Waals surface area (Å²) in [5.74, 6) is 0.427. The number of methoxy groups -OCH3 is 1. The molecule has 24 heavy (non-hydrogen) atoms. The van der Waals surface area contributed by atoms with Crippen molar-refractivity contribution in [3.05, 3.63) is 78.4 Å². The zero-order chi connectivity index (χ0) is 17.2. The van der Waals surface area contributed by atoms with E-state index in [1.807, 2.05) is 54.6 Å². The molecule has 1 heterocycles. The SMILES string of the molecule is C=CC(c1ccccc1)[C@]1(C)N=C(c2ccc(OC)cc2)OC1=O. The lowest BCUT2D eigenvalue weighted by Crippen LogP contribution is -2.36. The molecule has 0 radical (unpaired) electrons. The zero-order valence-corrected chi connectivity index (χ0v) is 13.7. The van der Waals surface area contributed by atoms with Crippen LogP contribution in [0.1, 0.15) is 24.0 Å². The minimum atomic E-state index is -1.03. The Bertz CT molecular complexity index is 780. The van der Waals surface area contributed by atoms with E-state index in [2.05, 4.69) is 11.6 Å². The molecule has 2 aromatic rings. The molecule has 0 N–H and O–H groups in total. The van der Waals surface area contributed by atoms with Crippen LogP contribution in [0.5, 0.6) is 5.75 Å². The van der Waals surface area contributed by atoms with Crippen molar-refractivity contribution in [3.63, 3.8) is 0 Å². The molecule has 4 heteroatoms. The molecule has 122 valence electrons. The molecular formula is C20H19NO3. The van der Waals surface area contributed by atoms with Gasteiger partial charge in [0.1, 0.15) is 5.75 Å². The van der Waals surface area contributed by atoms with Crippen molar-refractivity contribution >= 4 is 11.9 Å². The highest BCUT2D eigenvalue weighted by Gasteiger charge is 2.47. The molecule has 2 aromatic carbocycles. The third kappa shape index (κ3) is 2.71. The van der Waals surface area contributed by atoms with Crippen LogP contribution in [0, 0.1) is 0 Å². The summed E-state index contributed by atoms with van der Waals surface area (Å²) in [5, 5.41) is 0. The molecule has 0 saturated carbocycles. The van der Waals surface area contributed by atoms with Crippen molar-refractivity contribution in [1.82, 2.24) is 0 Å². The number of carbonyl (C=O) groups excluding carboxylic acids is 1. The number of ether oxygens (including phenoxy) is 2. The highest BCUT2D eigenvalue weighted by Crippen LogP contribution is 2.37. The van der Waals surface area contributed by atoms with Crippen molar-refractivity contribution in [3.8, 4) is 5.75 Å². The average Bonchev–Trinajstić information content (AvgIpc) is 2.92. The fourth-order valence-electron chi connectivity index (χ4n) is 2.87. The van der Waals surface area contributed by atoms with Crippen molar-refractivity contribution < 1.29 is 14.3 Å². The first-order chi connectivity index (χ1) is 11.6. The lowest BCUT2D eigenvalue weighted by Gasteiger charge is -2.25. The average molecular weight is 321 g/mol. The number of carbonyl (C=O) groups is 1. The van der Waals surface area contributed by atoms with Gasteiger partial charge >= 0.3 is 5.97 Å². The number of hydrogen-bond donors (Lipinski definition) is 0. The van der Waals surface area contributed by atoms with E-state index in [1.54, 1.807) is 20.1 Å². The minimum Gasteiger partial charge on any atom is -0.497 e. The summed E-state index contributed by atoms with van der Waals surface area (Å²) in [5.41, 5.74) is 0.689. The predicted molar refractivity (Wildman–Crippen MR) is 93.4 cm³/mol. The van der Waals surface area contributed by atoms with Gasteiger partial charge in [-0.15, -0.1) is 6.58 Å². The second kappa shape index (κ2) is 6.32. The van der Waals surface area contributed by atoms with Gasteiger partial charge < -0.3 is 9.47 Å². The lowest BCUT2D eigenvalue weighted by atomic mass is 9.81. The second-order valence-electron chi connectivity index (χ2n) is 5.81. The summed E-state index contributed by atoms with van der Waals surface area (Å²) in [7, 11) is 1.60. The van der Waals surface area contributed by atoms with E-state index in [-0.39, 0.29) is 11.9 Å². The van der Waals surface area contributed by atoms with Crippen LogP contribution in [0.2, 0.25) is 0 Å². The number of rotatable bonds is 5. The number of esters is 1. The van der Waals surface area contributed by atoms with E-state index < -0.39 is 5.54 Å². The maximum Gasteiger partial charge on any atom is 0.341 e. The van der Waals surface area contributed by atoms with Gasteiger partial charge in [0.25, 0.3) is 0 Å². The van der Waals surface area contributed by atoms with Crippen molar-refractivity contribution in [2.45, 2.75) is 18.4 Å². The Balaban J connectivity index is 1.98. The molecule has 0 spiro atoms. The monoisotopic (exact) mass is 321 g/mol. The summed E-state index contributed by atoms with van der Waals surface area (Å²) < 4.78 is 10.6. The Kier molecular flexibility index (Phi) is 4.21. The molecule has 0 bridgehead atoms. The van der Waals surface area contributed by atoms with Crippen LogP contribution < -0.4 is 4.74 Å². The first-order valence-electron chi connectivity index (χ1n) is 7.72. The van der Waals surface area contributed by atoms with Crippen LogP contribution in [0.4, 0.5) is 0 Å². The van der Waals surface area contributed by atoms with E-state index >= 15 is 0 Å². The number of nitrogens with zero attached hydrogens (tertiary/aromatic N) is 1. The Labute approximate surface area is 141 Å². The third-order valence-corrected chi connectivity index (χ3v) is 4.27. The minimum absolute atomic E-state index is 0.262. The maximum atomic E-state index is 12.6.